The van der Waals surface area contributed by atoms with E-state index in [1.807, 2.05) is 6.92 Å². The summed E-state index contributed by atoms with van der Waals surface area (Å²) in [6, 6.07) is 3.55. The number of nitrogens with zero attached hydrogens (tertiary/aromatic N) is 2. The Morgan fingerprint density at radius 2 is 2.07 bits per heavy atom. The molecule has 0 saturated heterocycles. The van der Waals surface area contributed by atoms with Crippen LogP contribution in [0.1, 0.15) is 39.0 Å². The van der Waals surface area contributed by atoms with Crippen LogP contribution in [0.5, 0.6) is 5.88 Å². The standard InChI is InChI=1S/C19H31ClN4O2.HI/c1-3-25-13-10-19(8-4-5-9-19)15-24-18(21-2)23-12-14-26-17-16(20)7-6-11-22-17;/h6-7,11H,3-5,8-10,12-15H2,1-2H3,(H2,21,23,24);1H. The average Bonchev–Trinajstić information content (AvgIpc) is 3.12. The van der Waals surface area contributed by atoms with Gasteiger partial charge in [0.2, 0.25) is 5.88 Å². The quantitative estimate of drug-likeness (QED) is 0.216. The number of halogens is 2. The summed E-state index contributed by atoms with van der Waals surface area (Å²) in [5, 5.41) is 7.28. The molecule has 154 valence electrons. The number of nitrogens with one attached hydrogen (secondary N) is 2. The van der Waals surface area contributed by atoms with Crippen molar-refractivity contribution in [2.45, 2.75) is 39.0 Å². The Kier molecular flexibility index (Phi) is 12.0. The zero-order valence-electron chi connectivity index (χ0n) is 16.3. The van der Waals surface area contributed by atoms with Crippen LogP contribution < -0.4 is 15.4 Å². The van der Waals surface area contributed by atoms with Crippen LogP contribution in [0.2, 0.25) is 5.02 Å². The molecule has 1 heterocycles. The number of aliphatic imine (C=N–C) groups is 1. The van der Waals surface area contributed by atoms with E-state index in [1.165, 1.54) is 25.7 Å². The smallest absolute Gasteiger partial charge is 0.232 e. The molecule has 2 rings (SSSR count). The second kappa shape index (κ2) is 13.4. The summed E-state index contributed by atoms with van der Waals surface area (Å²) in [6.45, 7) is 5.68. The summed E-state index contributed by atoms with van der Waals surface area (Å²) < 4.78 is 11.2. The molecule has 0 spiro atoms. The first-order valence-electron chi connectivity index (χ1n) is 9.45. The van der Waals surface area contributed by atoms with Gasteiger partial charge >= 0.3 is 0 Å². The molecule has 0 bridgehead atoms. The van der Waals surface area contributed by atoms with Gasteiger partial charge in [0.15, 0.2) is 5.96 Å². The van der Waals surface area contributed by atoms with Crippen LogP contribution in [0.15, 0.2) is 23.3 Å². The van der Waals surface area contributed by atoms with Crippen molar-refractivity contribution >= 4 is 41.5 Å². The minimum Gasteiger partial charge on any atom is -0.475 e. The van der Waals surface area contributed by atoms with Gasteiger partial charge in [-0.3, -0.25) is 4.99 Å². The van der Waals surface area contributed by atoms with Crippen molar-refractivity contribution < 1.29 is 9.47 Å². The van der Waals surface area contributed by atoms with E-state index in [4.69, 9.17) is 21.1 Å². The molecule has 1 fully saturated rings. The normalized spacial score (nSPS) is 15.9. The van der Waals surface area contributed by atoms with Crippen molar-refractivity contribution in [1.29, 1.82) is 0 Å². The van der Waals surface area contributed by atoms with Crippen LogP contribution in [-0.4, -0.2) is 50.9 Å². The van der Waals surface area contributed by atoms with Gasteiger partial charge < -0.3 is 20.1 Å². The van der Waals surface area contributed by atoms with E-state index in [-0.39, 0.29) is 24.0 Å². The molecule has 0 amide bonds. The van der Waals surface area contributed by atoms with Crippen molar-refractivity contribution in [2.75, 3.05) is 40.0 Å². The fraction of sp³-hybridized carbons (Fsp3) is 0.684. The van der Waals surface area contributed by atoms with Gasteiger partial charge in [0.05, 0.1) is 6.54 Å². The monoisotopic (exact) mass is 510 g/mol. The van der Waals surface area contributed by atoms with E-state index in [9.17, 15) is 0 Å². The van der Waals surface area contributed by atoms with Crippen molar-refractivity contribution in [3.05, 3.63) is 23.4 Å². The summed E-state index contributed by atoms with van der Waals surface area (Å²) in [5.41, 5.74) is 0.324. The predicted octanol–water partition coefficient (Wildman–Crippen LogP) is 3.88. The second-order valence-corrected chi connectivity index (χ2v) is 7.05. The minimum atomic E-state index is 0. The van der Waals surface area contributed by atoms with Crippen LogP contribution in [0.25, 0.3) is 0 Å². The summed E-state index contributed by atoms with van der Waals surface area (Å²) in [5.74, 6) is 1.25. The summed E-state index contributed by atoms with van der Waals surface area (Å²) in [6.07, 6.45) is 7.89. The maximum atomic E-state index is 6.03. The van der Waals surface area contributed by atoms with E-state index < -0.39 is 0 Å². The Morgan fingerprint density at radius 3 is 2.74 bits per heavy atom. The van der Waals surface area contributed by atoms with E-state index in [0.29, 0.717) is 29.5 Å². The third kappa shape index (κ3) is 8.39. The lowest BCUT2D eigenvalue weighted by molar-refractivity contribution is 0.105. The third-order valence-electron chi connectivity index (χ3n) is 4.86. The van der Waals surface area contributed by atoms with E-state index in [1.54, 1.807) is 25.4 Å². The van der Waals surface area contributed by atoms with Gasteiger partial charge in [0.1, 0.15) is 11.6 Å². The molecule has 0 atom stereocenters. The molecule has 1 saturated carbocycles. The number of hydrogen-bond donors (Lipinski definition) is 2. The Bertz CT molecular complexity index is 568. The molecule has 1 aliphatic carbocycles. The molecule has 0 unspecified atom stereocenters. The summed E-state index contributed by atoms with van der Waals surface area (Å²) >= 11 is 6.03. The molecule has 0 aromatic carbocycles. The topological polar surface area (TPSA) is 67.8 Å². The highest BCUT2D eigenvalue weighted by molar-refractivity contribution is 14.0. The van der Waals surface area contributed by atoms with Crippen molar-refractivity contribution in [3.63, 3.8) is 0 Å². The van der Waals surface area contributed by atoms with Crippen LogP contribution in [-0.2, 0) is 4.74 Å². The van der Waals surface area contributed by atoms with Crippen LogP contribution in [0.3, 0.4) is 0 Å². The minimum absolute atomic E-state index is 0. The molecule has 0 aliphatic heterocycles. The SMILES string of the molecule is CCOCCC1(CNC(=NC)NCCOc2ncccc2Cl)CCCC1.I. The number of rotatable bonds is 10. The Labute approximate surface area is 184 Å². The number of ether oxygens (including phenoxy) is 2. The lowest BCUT2D eigenvalue weighted by atomic mass is 9.83. The van der Waals surface area contributed by atoms with E-state index in [2.05, 4.69) is 20.6 Å². The maximum Gasteiger partial charge on any atom is 0.232 e. The first kappa shape index (κ1) is 24.2. The van der Waals surface area contributed by atoms with Crippen molar-refractivity contribution in [1.82, 2.24) is 15.6 Å². The van der Waals surface area contributed by atoms with E-state index in [0.717, 1.165) is 32.1 Å². The molecule has 0 radical (unpaired) electrons. The molecular formula is C19H32ClIN4O2. The number of aromatic nitrogens is 1. The molecule has 1 aliphatic rings. The Balaban J connectivity index is 0.00000364. The van der Waals surface area contributed by atoms with Crippen molar-refractivity contribution in [3.8, 4) is 5.88 Å². The first-order chi connectivity index (χ1) is 12.7. The molecule has 8 heteroatoms. The first-order valence-corrected chi connectivity index (χ1v) is 9.82. The van der Waals surface area contributed by atoms with E-state index >= 15 is 0 Å². The predicted molar refractivity (Wildman–Crippen MR) is 122 cm³/mol. The molecule has 6 nitrogen and oxygen atoms in total. The highest BCUT2D eigenvalue weighted by Gasteiger charge is 2.33. The third-order valence-corrected chi connectivity index (χ3v) is 5.15. The van der Waals surface area contributed by atoms with Gasteiger partial charge in [-0.05, 0) is 43.7 Å². The van der Waals surface area contributed by atoms with Crippen LogP contribution in [0, 0.1) is 5.41 Å². The summed E-state index contributed by atoms with van der Waals surface area (Å²) in [7, 11) is 1.79. The van der Waals surface area contributed by atoms with Crippen molar-refractivity contribution in [2.24, 2.45) is 10.4 Å². The molecule has 1 aromatic rings. The molecule has 27 heavy (non-hydrogen) atoms. The largest absolute Gasteiger partial charge is 0.475 e. The van der Waals surface area contributed by atoms with Gasteiger partial charge in [-0.15, -0.1) is 24.0 Å². The lowest BCUT2D eigenvalue weighted by Crippen LogP contribution is -2.44. The molecular weight excluding hydrogens is 479 g/mol. The van der Waals surface area contributed by atoms with Gasteiger partial charge in [-0.1, -0.05) is 24.4 Å². The molecule has 1 aromatic heterocycles. The lowest BCUT2D eigenvalue weighted by Gasteiger charge is -2.30. The zero-order valence-corrected chi connectivity index (χ0v) is 19.4. The molecule has 2 N–H and O–H groups in total. The van der Waals surface area contributed by atoms with Gasteiger partial charge in [-0.25, -0.2) is 4.98 Å². The Morgan fingerprint density at radius 1 is 1.30 bits per heavy atom. The van der Waals surface area contributed by atoms with Crippen LogP contribution in [0.4, 0.5) is 0 Å². The van der Waals surface area contributed by atoms with Crippen LogP contribution >= 0.6 is 35.6 Å². The number of hydrogen-bond acceptors (Lipinski definition) is 4. The fourth-order valence-electron chi connectivity index (χ4n) is 3.36. The second-order valence-electron chi connectivity index (χ2n) is 6.65. The van der Waals surface area contributed by atoms with Gasteiger partial charge in [0.25, 0.3) is 0 Å². The summed E-state index contributed by atoms with van der Waals surface area (Å²) in [4.78, 5) is 8.41. The average molecular weight is 511 g/mol. The number of pyridine rings is 1. The highest BCUT2D eigenvalue weighted by atomic mass is 127. The zero-order chi connectivity index (χ0) is 18.7. The maximum absolute atomic E-state index is 6.03. The fourth-order valence-corrected chi connectivity index (χ4v) is 3.54. The number of guanidine groups is 1. The van der Waals surface area contributed by atoms with Gasteiger partial charge in [0, 0.05) is 33.0 Å². The van der Waals surface area contributed by atoms with Gasteiger partial charge in [-0.2, -0.15) is 0 Å². The highest BCUT2D eigenvalue weighted by Crippen LogP contribution is 2.40. The Hall–Kier alpha value is -0.800.